The number of benzene rings is 18. The van der Waals surface area contributed by atoms with Gasteiger partial charge in [0, 0.05) is 82.5 Å². The minimum absolute atomic E-state index is 0. The standard InChI is InChI=1S/C62H46N2.C38H26I2.C12H11N.4H2/c1-61(2)53-35-49-43-27-17-29-47-58(64(41-23-13-7-14-24-41)42-25-15-8-16-26-42)34-32-46(59(43)47)52(49)38-56(53)62(3,4)54-36-50-44-28-18-30-48-57(33-31-45(60(44)48)51(50)37-55(54)61)63(39-19-9-5-10-20-39)40-21-11-6-12-22-40;1-37(2)29-15-25-19-7-5-9-23-34(40)14-12-22(35(19)23)28(25)18-32(29)38(3,4)30-16-26-20-8-6-10-24-33(39)13-11-21(36(20)24)27(26)17-31(30)37;1-3-7-11(8-4-1)13-12-9-5-2-6-10-12;;;;/h5-38H,1-4H3;5-18H,1-4H3;1-10,13H;4*1H/i;;;2*1+1D;2*1+1. The first-order valence-corrected chi connectivity index (χ1v) is 43.1. The highest BCUT2D eigenvalue weighted by molar-refractivity contribution is 14.1. The van der Waals surface area contributed by atoms with Crippen LogP contribution >= 0.6 is 45.2 Å². The summed E-state index contributed by atoms with van der Waals surface area (Å²) in [4.78, 5) is 4.81. The smallest absolute Gasteiger partial charge is 0.0540 e. The molecule has 6 aliphatic rings. The van der Waals surface area contributed by atoms with Gasteiger partial charge in [-0.3, -0.25) is 0 Å². The van der Waals surface area contributed by atoms with Crippen LogP contribution in [0.5, 0.6) is 0 Å². The summed E-state index contributed by atoms with van der Waals surface area (Å²) in [5.41, 5.74) is 41.7. The Bertz CT molecular complexity index is 6570. The Morgan fingerprint density at radius 3 is 0.667 bits per heavy atom. The SMILES string of the molecule is CC1(C)c2cc3c(cc2C(C)(C)c2cc4c(cc21)-c1ccc(I)c2cccc-4c12)-c1ccc(I)c2cccc-3c12.CC1(C)c2cc3c(cc2C(C)(C)c2cc4c(cc21)-c1ccc(N(c2ccccc2)c2ccccc2)c2cccc-4c12)-c1ccc(N(c2ccccc2)c2ccccc2)c2cccc-3c12.[2HH].[2HH].[2H][2H].[2H][2H].c1ccc(Nc2ccccc2)cc1. The number of rotatable bonds is 8. The number of para-hydroxylation sites is 6. The van der Waals surface area contributed by atoms with Crippen molar-refractivity contribution in [3.63, 3.8) is 0 Å². The Hall–Kier alpha value is -12.1. The van der Waals surface area contributed by atoms with E-state index in [0.717, 1.165) is 34.1 Å². The minimum Gasteiger partial charge on any atom is -0.356 e. The van der Waals surface area contributed by atoms with Gasteiger partial charge in [-0.25, -0.2) is 0 Å². The van der Waals surface area contributed by atoms with E-state index in [-0.39, 0.29) is 24.5 Å². The lowest BCUT2D eigenvalue weighted by atomic mass is 9.59. The Morgan fingerprint density at radius 2 is 0.419 bits per heavy atom. The number of halogens is 2. The van der Waals surface area contributed by atoms with E-state index < -0.39 is 0 Å². The third-order valence-electron chi connectivity index (χ3n) is 26.7. The van der Waals surface area contributed by atoms with Crippen LogP contribution in [0.15, 0.2) is 352 Å². The van der Waals surface area contributed by atoms with E-state index in [0.29, 0.717) is 0 Å². The molecule has 0 bridgehead atoms. The maximum atomic E-state index is 5.00. The van der Waals surface area contributed by atoms with Crippen molar-refractivity contribution in [3.05, 3.63) is 403 Å². The van der Waals surface area contributed by atoms with Crippen LogP contribution in [0, 0.1) is 7.14 Å². The average Bonchev–Trinajstić information content (AvgIpc) is 1.58. The molecule has 24 rings (SSSR count). The van der Waals surface area contributed by atoms with Gasteiger partial charge in [0.25, 0.3) is 0 Å². The lowest BCUT2D eigenvalue weighted by Crippen LogP contribution is -2.36. The van der Waals surface area contributed by atoms with Crippen molar-refractivity contribution < 1.29 is 8.79 Å². The fraction of sp³-hybridized carbons (Fsp3) is 0.107. The number of nitrogens with one attached hydrogen (secondary N) is 1. The fourth-order valence-corrected chi connectivity index (χ4v) is 22.2. The van der Waals surface area contributed by atoms with Crippen LogP contribution in [-0.4, -0.2) is 0 Å². The molecule has 0 heterocycles. The van der Waals surface area contributed by atoms with Gasteiger partial charge in [-0.05, 0) is 357 Å². The molecule has 0 atom stereocenters. The van der Waals surface area contributed by atoms with Gasteiger partial charge in [-0.1, -0.05) is 262 Å². The van der Waals surface area contributed by atoms with Crippen molar-refractivity contribution in [3.8, 4) is 89.0 Å². The predicted octanol–water partition coefficient (Wildman–Crippen LogP) is 33.1. The zero-order chi connectivity index (χ0) is 83.1. The van der Waals surface area contributed by atoms with E-state index in [2.05, 4.69) is 407 Å². The number of nitrogens with zero attached hydrogens (tertiary/aromatic N) is 2. The third kappa shape index (κ3) is 10.8. The molecule has 0 aromatic heterocycles. The van der Waals surface area contributed by atoms with Gasteiger partial charge in [0.15, 0.2) is 0 Å². The van der Waals surface area contributed by atoms with E-state index in [9.17, 15) is 0 Å². The largest absolute Gasteiger partial charge is 0.356 e. The first kappa shape index (κ1) is 69.2. The molecular formula is C112H91I2N3. The maximum absolute atomic E-state index is 5.00. The van der Waals surface area contributed by atoms with Crippen LogP contribution in [0.3, 0.4) is 0 Å². The summed E-state index contributed by atoms with van der Waals surface area (Å²) >= 11 is 4.97. The van der Waals surface area contributed by atoms with Crippen molar-refractivity contribution in [2.45, 2.75) is 77.0 Å². The summed E-state index contributed by atoms with van der Waals surface area (Å²) in [6, 6.07) is 130. The monoisotopic (exact) mass is 1740 g/mol. The first-order valence-electron chi connectivity index (χ1n) is 42.9. The molecule has 117 heavy (non-hydrogen) atoms. The van der Waals surface area contributed by atoms with Crippen LogP contribution in [0.4, 0.5) is 45.5 Å². The molecule has 1 N–H and O–H groups in total. The summed E-state index contributed by atoms with van der Waals surface area (Å²) in [5.74, 6) is 0. The molecule has 0 amide bonds. The molecule has 5 heteroatoms. The van der Waals surface area contributed by atoms with Gasteiger partial charge in [-0.2, -0.15) is 0 Å². The highest BCUT2D eigenvalue weighted by atomic mass is 127. The van der Waals surface area contributed by atoms with Gasteiger partial charge in [0.05, 0.1) is 11.4 Å². The second kappa shape index (κ2) is 26.7. The fourth-order valence-electron chi connectivity index (χ4n) is 21.0. The second-order valence-corrected chi connectivity index (χ2v) is 36.8. The van der Waals surface area contributed by atoms with Crippen molar-refractivity contribution in [2.75, 3.05) is 15.1 Å². The summed E-state index contributed by atoms with van der Waals surface area (Å²) < 4.78 is 22.6. The van der Waals surface area contributed by atoms with Gasteiger partial charge in [-0.15, -0.1) is 0 Å². The van der Waals surface area contributed by atoms with Gasteiger partial charge in [0.2, 0.25) is 0 Å². The van der Waals surface area contributed by atoms with Crippen LogP contribution in [0.2, 0.25) is 0 Å². The van der Waals surface area contributed by atoms with Crippen molar-refractivity contribution >= 4 is 134 Å². The third-order valence-corrected chi connectivity index (χ3v) is 28.6. The molecule has 0 spiro atoms. The van der Waals surface area contributed by atoms with Gasteiger partial charge in [0.1, 0.15) is 0 Å². The topological polar surface area (TPSA) is 18.5 Å². The van der Waals surface area contributed by atoms with Crippen molar-refractivity contribution in [2.24, 2.45) is 0 Å². The van der Waals surface area contributed by atoms with Crippen LogP contribution < -0.4 is 15.1 Å². The Morgan fingerprint density at radius 1 is 0.214 bits per heavy atom. The Kier molecular flexibility index (Phi) is 15.8. The minimum atomic E-state index is -0.235. The molecule has 0 aliphatic heterocycles. The maximum Gasteiger partial charge on any atom is 0.0540 e. The summed E-state index contributed by atoms with van der Waals surface area (Å²) in [6.07, 6.45) is 0. The summed E-state index contributed by atoms with van der Waals surface area (Å²) in [5, 5.41) is 14.1. The van der Waals surface area contributed by atoms with E-state index in [4.69, 9.17) is 5.94 Å². The molecule has 568 valence electrons. The molecule has 18 aromatic rings. The van der Waals surface area contributed by atoms with Crippen LogP contribution in [0.1, 0.15) is 109 Å². The molecule has 18 aromatic carbocycles. The zero-order valence-electron chi connectivity index (χ0n) is 70.6. The molecule has 0 saturated carbocycles. The Balaban J connectivity index is 0.000000148. The zero-order valence-corrected chi connectivity index (χ0v) is 71.0. The predicted molar refractivity (Wildman–Crippen MR) is 521 cm³/mol. The molecule has 0 fully saturated rings. The molecule has 0 radical (unpaired) electrons. The van der Waals surface area contributed by atoms with E-state index in [1.165, 1.54) is 195 Å². The second-order valence-electron chi connectivity index (χ2n) is 34.5. The molecule has 0 saturated heterocycles. The first-order chi connectivity index (χ1) is 58.9. The summed E-state index contributed by atoms with van der Waals surface area (Å²) in [6.45, 7) is 19.6. The lowest BCUT2D eigenvalue weighted by Gasteiger charge is -2.44. The van der Waals surface area contributed by atoms with Gasteiger partial charge < -0.3 is 15.1 Å². The molecule has 6 aliphatic carbocycles. The highest BCUT2D eigenvalue weighted by Gasteiger charge is 2.47. The number of fused-ring (bicyclic) bond motifs is 16. The van der Waals surface area contributed by atoms with Crippen molar-refractivity contribution in [1.29, 1.82) is 0 Å². The van der Waals surface area contributed by atoms with E-state index >= 15 is 0 Å². The molecular weight excluding hydrogens is 1640 g/mol. The molecule has 3 nitrogen and oxygen atoms in total. The summed E-state index contributed by atoms with van der Waals surface area (Å²) in [7, 11) is 0. The number of hydrogen-bond acceptors (Lipinski definition) is 3. The number of hydrogen-bond donors (Lipinski definition) is 1. The normalized spacial score (nSPS) is 14.5. The van der Waals surface area contributed by atoms with E-state index in [1.54, 1.807) is 0 Å². The van der Waals surface area contributed by atoms with Gasteiger partial charge >= 0.3 is 0 Å². The molecule has 0 unspecified atom stereocenters. The van der Waals surface area contributed by atoms with Crippen LogP contribution in [0.25, 0.3) is 132 Å². The quantitative estimate of drug-likeness (QED) is 0.153. The van der Waals surface area contributed by atoms with Crippen LogP contribution in [-0.2, 0) is 21.7 Å². The lowest BCUT2D eigenvalue weighted by molar-refractivity contribution is 0.521. The Labute approximate surface area is 721 Å². The highest BCUT2D eigenvalue weighted by Crippen LogP contribution is 2.63. The van der Waals surface area contributed by atoms with Crippen molar-refractivity contribution in [1.82, 2.24) is 0 Å². The average molecular weight is 1740 g/mol. The van der Waals surface area contributed by atoms with E-state index in [1.807, 2.05) is 60.7 Å². The number of anilines is 8.